The molecule has 0 aliphatic carbocycles. The van der Waals surface area contributed by atoms with E-state index in [4.69, 9.17) is 0 Å². The van der Waals surface area contributed by atoms with Crippen LogP contribution in [0, 0.1) is 6.92 Å². The Morgan fingerprint density at radius 2 is 2.00 bits per heavy atom. The molecule has 1 heterocycles. The van der Waals surface area contributed by atoms with Crippen molar-refractivity contribution in [2.45, 2.75) is 6.92 Å². The fraction of sp³-hybridized carbons (Fsp3) is 0.111. The van der Waals surface area contributed by atoms with Crippen molar-refractivity contribution in [2.24, 2.45) is 0 Å². The molecule has 1 aromatic rings. The van der Waals surface area contributed by atoms with Crippen molar-refractivity contribution >= 4 is 11.8 Å². The molecule has 0 spiro atoms. The first-order valence-corrected chi connectivity index (χ1v) is 3.69. The minimum atomic E-state index is -0.889. The van der Waals surface area contributed by atoms with Gasteiger partial charge in [-0.2, -0.15) is 0 Å². The molecule has 0 saturated carbocycles. The number of esters is 1. The molecule has 0 saturated heterocycles. The van der Waals surface area contributed by atoms with Gasteiger partial charge in [0.1, 0.15) is 11.5 Å². The van der Waals surface area contributed by atoms with Crippen LogP contribution in [0.3, 0.4) is 0 Å². The summed E-state index contributed by atoms with van der Waals surface area (Å²) in [6.45, 7) is 1.66. The summed E-state index contributed by atoms with van der Waals surface area (Å²) in [5.74, 6) is -1.37. The molecular weight excluding hydrogens is 172 g/mol. The van der Waals surface area contributed by atoms with Gasteiger partial charge in [-0.3, -0.25) is 4.79 Å². The van der Waals surface area contributed by atoms with Crippen molar-refractivity contribution in [1.29, 1.82) is 0 Å². The van der Waals surface area contributed by atoms with Crippen molar-refractivity contribution < 1.29 is 19.4 Å². The Labute approximate surface area is 73.8 Å². The zero-order valence-electron chi connectivity index (χ0n) is 6.83. The van der Waals surface area contributed by atoms with E-state index in [1.165, 1.54) is 12.1 Å². The Morgan fingerprint density at radius 1 is 1.31 bits per heavy atom. The highest BCUT2D eigenvalue weighted by atomic mass is 16.5. The van der Waals surface area contributed by atoms with Gasteiger partial charge in [-0.25, -0.2) is 4.79 Å². The number of carbonyl (C=O) groups is 2. The Bertz CT molecular complexity index is 420. The second kappa shape index (κ2) is 2.32. The highest BCUT2D eigenvalue weighted by Crippen LogP contribution is 2.31. The predicted molar refractivity (Wildman–Crippen MR) is 42.8 cm³/mol. The number of hydrogen-bond donors (Lipinski definition) is 1. The van der Waals surface area contributed by atoms with Crippen LogP contribution in [0.15, 0.2) is 12.1 Å². The van der Waals surface area contributed by atoms with Gasteiger partial charge in [-0.15, -0.1) is 0 Å². The fourth-order valence-electron chi connectivity index (χ4n) is 1.19. The average molecular weight is 178 g/mol. The number of hydrogen-bond acceptors (Lipinski definition) is 4. The second-order valence-electron chi connectivity index (χ2n) is 2.85. The van der Waals surface area contributed by atoms with Crippen LogP contribution in [0.25, 0.3) is 0 Å². The van der Waals surface area contributed by atoms with Crippen molar-refractivity contribution in [3.63, 3.8) is 0 Å². The molecule has 1 aromatic carbocycles. The standard InChI is InChI=1S/C9H6O4/c1-4-2-7-5(3-6(4)10)8(11)9(12)13-7/h2-3,10H,1H3. The third-order valence-electron chi connectivity index (χ3n) is 1.93. The van der Waals surface area contributed by atoms with E-state index in [-0.39, 0.29) is 17.1 Å². The first-order valence-electron chi connectivity index (χ1n) is 3.69. The maximum atomic E-state index is 11.1. The summed E-state index contributed by atoms with van der Waals surface area (Å²) in [5, 5.41) is 9.27. The van der Waals surface area contributed by atoms with E-state index in [0.29, 0.717) is 5.56 Å². The van der Waals surface area contributed by atoms with Gasteiger partial charge in [0.25, 0.3) is 5.78 Å². The third-order valence-corrected chi connectivity index (χ3v) is 1.93. The van der Waals surface area contributed by atoms with E-state index < -0.39 is 11.8 Å². The molecule has 0 unspecified atom stereocenters. The van der Waals surface area contributed by atoms with Crippen molar-refractivity contribution in [2.75, 3.05) is 0 Å². The molecule has 66 valence electrons. The first-order chi connectivity index (χ1) is 6.09. The monoisotopic (exact) mass is 178 g/mol. The van der Waals surface area contributed by atoms with E-state index in [1.54, 1.807) is 6.92 Å². The molecule has 0 bridgehead atoms. The summed E-state index contributed by atoms with van der Waals surface area (Å²) in [7, 11) is 0. The number of ketones is 1. The molecular formula is C9H6O4. The molecule has 1 N–H and O–H groups in total. The predicted octanol–water partition coefficient (Wildman–Crippen LogP) is 0.802. The molecule has 0 fully saturated rings. The summed E-state index contributed by atoms with van der Waals surface area (Å²) < 4.78 is 4.66. The molecule has 0 amide bonds. The first kappa shape index (κ1) is 7.79. The summed E-state index contributed by atoms with van der Waals surface area (Å²) in [4.78, 5) is 21.9. The topological polar surface area (TPSA) is 63.6 Å². The maximum absolute atomic E-state index is 11.1. The van der Waals surface area contributed by atoms with Crippen LogP contribution in [-0.4, -0.2) is 16.9 Å². The van der Waals surface area contributed by atoms with Gasteiger partial charge in [0.2, 0.25) is 0 Å². The number of aromatic hydroxyl groups is 1. The second-order valence-corrected chi connectivity index (χ2v) is 2.85. The normalized spacial score (nSPS) is 14.2. The van der Waals surface area contributed by atoms with Crippen LogP contribution in [-0.2, 0) is 4.79 Å². The van der Waals surface area contributed by atoms with Crippen molar-refractivity contribution in [3.8, 4) is 11.5 Å². The van der Waals surface area contributed by atoms with Crippen molar-refractivity contribution in [1.82, 2.24) is 0 Å². The Hall–Kier alpha value is -1.84. The number of aryl methyl sites for hydroxylation is 1. The molecule has 13 heavy (non-hydrogen) atoms. The molecule has 4 heteroatoms. The molecule has 1 aliphatic rings. The van der Waals surface area contributed by atoms with Gasteiger partial charge in [-0.05, 0) is 24.6 Å². The maximum Gasteiger partial charge on any atom is 0.385 e. The van der Waals surface area contributed by atoms with Crippen LogP contribution in [0.2, 0.25) is 0 Å². The Balaban J connectivity index is 2.66. The van der Waals surface area contributed by atoms with E-state index in [1.807, 2.05) is 0 Å². The zero-order chi connectivity index (χ0) is 9.59. The van der Waals surface area contributed by atoms with Crippen molar-refractivity contribution in [3.05, 3.63) is 23.3 Å². The zero-order valence-corrected chi connectivity index (χ0v) is 6.83. The number of Topliss-reactive ketones (excluding diaryl/α,β-unsaturated/α-hetero) is 1. The number of rotatable bonds is 0. The van der Waals surface area contributed by atoms with Gasteiger partial charge >= 0.3 is 5.97 Å². The summed E-state index contributed by atoms with van der Waals surface area (Å²) in [6, 6.07) is 2.71. The van der Waals surface area contributed by atoms with Gasteiger partial charge < -0.3 is 9.84 Å². The van der Waals surface area contributed by atoms with Crippen LogP contribution >= 0.6 is 0 Å². The third kappa shape index (κ3) is 0.989. The smallest absolute Gasteiger partial charge is 0.385 e. The minimum Gasteiger partial charge on any atom is -0.508 e. The lowest BCUT2D eigenvalue weighted by Gasteiger charge is -1.99. The lowest BCUT2D eigenvalue weighted by Crippen LogP contribution is -2.10. The van der Waals surface area contributed by atoms with Gasteiger partial charge in [-0.1, -0.05) is 0 Å². The largest absolute Gasteiger partial charge is 0.508 e. The van der Waals surface area contributed by atoms with Gasteiger partial charge in [0, 0.05) is 0 Å². The highest BCUT2D eigenvalue weighted by molar-refractivity contribution is 6.44. The summed E-state index contributed by atoms with van der Waals surface area (Å²) in [6.07, 6.45) is 0. The Morgan fingerprint density at radius 3 is 2.69 bits per heavy atom. The lowest BCUT2D eigenvalue weighted by atomic mass is 10.1. The number of phenolic OH excluding ortho intramolecular Hbond substituents is 1. The number of benzene rings is 1. The minimum absolute atomic E-state index is 0.00889. The number of phenols is 1. The quantitative estimate of drug-likeness (QED) is 0.362. The van der Waals surface area contributed by atoms with Crippen LogP contribution in [0.4, 0.5) is 0 Å². The van der Waals surface area contributed by atoms with E-state index in [2.05, 4.69) is 4.74 Å². The summed E-state index contributed by atoms with van der Waals surface area (Å²) in [5.41, 5.74) is 0.703. The lowest BCUT2D eigenvalue weighted by molar-refractivity contribution is -0.128. The number of carbonyl (C=O) groups excluding carboxylic acids is 2. The van der Waals surface area contributed by atoms with Crippen LogP contribution < -0.4 is 4.74 Å². The van der Waals surface area contributed by atoms with E-state index >= 15 is 0 Å². The number of ether oxygens (including phenoxy) is 1. The Kier molecular flexibility index (Phi) is 1.39. The summed E-state index contributed by atoms with van der Waals surface area (Å²) >= 11 is 0. The SMILES string of the molecule is Cc1cc2c(cc1O)C(=O)C(=O)O2. The highest BCUT2D eigenvalue weighted by Gasteiger charge is 2.31. The van der Waals surface area contributed by atoms with Crippen LogP contribution in [0.1, 0.15) is 15.9 Å². The molecule has 1 aliphatic heterocycles. The van der Waals surface area contributed by atoms with Crippen LogP contribution in [0.5, 0.6) is 11.5 Å². The van der Waals surface area contributed by atoms with E-state index in [9.17, 15) is 14.7 Å². The molecule has 2 rings (SSSR count). The van der Waals surface area contributed by atoms with E-state index in [0.717, 1.165) is 0 Å². The van der Waals surface area contributed by atoms with Gasteiger partial charge in [0.15, 0.2) is 0 Å². The molecule has 0 aromatic heterocycles. The number of fused-ring (bicyclic) bond motifs is 1. The van der Waals surface area contributed by atoms with Gasteiger partial charge in [0.05, 0.1) is 5.56 Å². The molecule has 0 atom stereocenters. The molecule has 0 radical (unpaired) electrons. The average Bonchev–Trinajstić information content (AvgIpc) is 2.32. The fourth-order valence-corrected chi connectivity index (χ4v) is 1.19. The molecule has 4 nitrogen and oxygen atoms in total.